The topological polar surface area (TPSA) is 83.0 Å². The van der Waals surface area contributed by atoms with Gasteiger partial charge in [-0.15, -0.1) is 0 Å². The molecular formula is C19H32N4O3S. The molecule has 2 rings (SSSR count). The highest BCUT2D eigenvalue weighted by molar-refractivity contribution is 7.89. The molecule has 7 nitrogen and oxygen atoms in total. The van der Waals surface area contributed by atoms with E-state index in [4.69, 9.17) is 4.74 Å². The molecule has 0 aromatic heterocycles. The summed E-state index contributed by atoms with van der Waals surface area (Å²) < 4.78 is 32.2. The fourth-order valence-electron chi connectivity index (χ4n) is 2.88. The van der Waals surface area contributed by atoms with Gasteiger partial charge in [0.25, 0.3) is 0 Å². The van der Waals surface area contributed by atoms with Crippen LogP contribution in [0.2, 0.25) is 0 Å². The van der Waals surface area contributed by atoms with Crippen molar-refractivity contribution in [2.45, 2.75) is 56.7 Å². The predicted molar refractivity (Wildman–Crippen MR) is 108 cm³/mol. The Balaban J connectivity index is 1.92. The van der Waals surface area contributed by atoms with Crippen molar-refractivity contribution in [3.05, 3.63) is 29.8 Å². The molecular weight excluding hydrogens is 364 g/mol. The number of hydrogen-bond donors (Lipinski definition) is 2. The van der Waals surface area contributed by atoms with Crippen LogP contribution in [-0.2, 0) is 21.3 Å². The average molecular weight is 397 g/mol. The lowest BCUT2D eigenvalue weighted by atomic mass is 10.0. The molecule has 0 bridgehead atoms. The lowest BCUT2D eigenvalue weighted by Gasteiger charge is -2.24. The fraction of sp³-hybridized carbons (Fsp3) is 0.632. The quantitative estimate of drug-likeness (QED) is 0.544. The molecule has 1 atom stereocenters. The summed E-state index contributed by atoms with van der Waals surface area (Å²) in [7, 11) is -0.129. The van der Waals surface area contributed by atoms with Gasteiger partial charge in [0, 0.05) is 39.8 Å². The molecule has 27 heavy (non-hydrogen) atoms. The van der Waals surface area contributed by atoms with Crippen molar-refractivity contribution in [3.8, 4) is 0 Å². The third kappa shape index (κ3) is 5.67. The Morgan fingerprint density at radius 1 is 1.30 bits per heavy atom. The highest BCUT2D eigenvalue weighted by Crippen LogP contribution is 2.23. The Morgan fingerprint density at radius 3 is 2.48 bits per heavy atom. The van der Waals surface area contributed by atoms with Gasteiger partial charge in [0.05, 0.1) is 10.5 Å². The molecule has 1 unspecified atom stereocenters. The predicted octanol–water partition coefficient (Wildman–Crippen LogP) is 1.95. The van der Waals surface area contributed by atoms with Gasteiger partial charge in [-0.25, -0.2) is 8.42 Å². The molecule has 1 fully saturated rings. The van der Waals surface area contributed by atoms with Crippen molar-refractivity contribution in [1.29, 1.82) is 0 Å². The molecule has 0 spiro atoms. The van der Waals surface area contributed by atoms with Crippen LogP contribution < -0.4 is 10.6 Å². The van der Waals surface area contributed by atoms with E-state index in [0.29, 0.717) is 23.9 Å². The normalized spacial score (nSPS) is 21.1. The molecule has 1 aromatic carbocycles. The molecule has 1 aromatic rings. The Bertz CT molecular complexity index is 739. The maximum atomic E-state index is 12.5. The molecule has 152 valence electrons. The molecule has 1 heterocycles. The monoisotopic (exact) mass is 396 g/mol. The van der Waals surface area contributed by atoms with E-state index in [0.717, 1.165) is 25.0 Å². The van der Waals surface area contributed by atoms with Gasteiger partial charge in [0.15, 0.2) is 5.96 Å². The lowest BCUT2D eigenvalue weighted by Crippen LogP contribution is -2.45. The van der Waals surface area contributed by atoms with Crippen molar-refractivity contribution < 1.29 is 13.2 Å². The summed E-state index contributed by atoms with van der Waals surface area (Å²) in [6.45, 7) is 7.87. The van der Waals surface area contributed by atoms with Gasteiger partial charge < -0.3 is 15.4 Å². The minimum absolute atomic E-state index is 0.0866. The van der Waals surface area contributed by atoms with E-state index < -0.39 is 10.0 Å². The van der Waals surface area contributed by atoms with Crippen LogP contribution in [0.15, 0.2) is 34.2 Å². The van der Waals surface area contributed by atoms with Gasteiger partial charge in [-0.3, -0.25) is 4.99 Å². The van der Waals surface area contributed by atoms with Gasteiger partial charge in [-0.05, 0) is 51.3 Å². The molecule has 1 saturated heterocycles. The second-order valence-corrected chi connectivity index (χ2v) is 9.44. The van der Waals surface area contributed by atoms with E-state index in [-0.39, 0.29) is 11.6 Å². The molecule has 0 radical (unpaired) electrons. The van der Waals surface area contributed by atoms with Gasteiger partial charge >= 0.3 is 0 Å². The van der Waals surface area contributed by atoms with E-state index in [1.807, 2.05) is 26.0 Å². The lowest BCUT2D eigenvalue weighted by molar-refractivity contribution is 0.0243. The average Bonchev–Trinajstić information content (AvgIpc) is 3.08. The maximum absolute atomic E-state index is 12.5. The number of hydrogen-bond acceptors (Lipinski definition) is 4. The van der Waals surface area contributed by atoms with E-state index >= 15 is 0 Å². The first kappa shape index (κ1) is 21.7. The van der Waals surface area contributed by atoms with Crippen LogP contribution in [-0.4, -0.2) is 57.6 Å². The van der Waals surface area contributed by atoms with Crippen molar-refractivity contribution in [2.24, 2.45) is 4.99 Å². The zero-order chi connectivity index (χ0) is 20.1. The Labute approximate surface area is 163 Å². The van der Waals surface area contributed by atoms with Crippen LogP contribution in [0.1, 0.15) is 39.2 Å². The van der Waals surface area contributed by atoms with E-state index in [9.17, 15) is 8.42 Å². The molecule has 8 heteroatoms. The summed E-state index contributed by atoms with van der Waals surface area (Å²) in [6.07, 6.45) is 2.13. The summed E-state index contributed by atoms with van der Waals surface area (Å²) in [5, 5.41) is 6.55. The fourth-order valence-corrected chi connectivity index (χ4v) is 4.24. The molecule has 0 amide bonds. The summed E-state index contributed by atoms with van der Waals surface area (Å²) in [4.78, 5) is 4.53. The third-order valence-electron chi connectivity index (χ3n) is 4.94. The standard InChI is InChI=1S/C19H32N4O3S/c1-15(2)23(5)27(24,25)17-9-7-16(8-10-17)13-21-18(20-4)22-14-19(3)11-6-12-26-19/h7-10,15H,6,11-14H2,1-5H3,(H2,20,21,22). The van der Waals surface area contributed by atoms with Gasteiger partial charge in [-0.2, -0.15) is 4.31 Å². The van der Waals surface area contributed by atoms with E-state index in [1.54, 1.807) is 26.2 Å². The number of guanidine groups is 1. The maximum Gasteiger partial charge on any atom is 0.243 e. The zero-order valence-electron chi connectivity index (χ0n) is 16.9. The number of ether oxygens (including phenoxy) is 1. The van der Waals surface area contributed by atoms with Gasteiger partial charge in [-0.1, -0.05) is 12.1 Å². The summed E-state index contributed by atoms with van der Waals surface area (Å²) in [5.41, 5.74) is 0.836. The molecule has 1 aliphatic rings. The SMILES string of the molecule is CN=C(NCc1ccc(S(=O)(=O)N(C)C(C)C)cc1)NCC1(C)CCCO1. The number of aliphatic imine (C=N–C) groups is 1. The van der Waals surface area contributed by atoms with Crippen LogP contribution >= 0.6 is 0 Å². The first-order valence-electron chi connectivity index (χ1n) is 9.33. The van der Waals surface area contributed by atoms with Crippen molar-refractivity contribution in [2.75, 3.05) is 27.2 Å². The van der Waals surface area contributed by atoms with Gasteiger partial charge in [0.1, 0.15) is 0 Å². The van der Waals surface area contributed by atoms with Crippen molar-refractivity contribution in [1.82, 2.24) is 14.9 Å². The molecule has 0 saturated carbocycles. The Hall–Kier alpha value is -1.64. The first-order chi connectivity index (χ1) is 12.7. The molecule has 2 N–H and O–H groups in total. The van der Waals surface area contributed by atoms with Crippen molar-refractivity contribution >= 4 is 16.0 Å². The van der Waals surface area contributed by atoms with E-state index in [1.165, 1.54) is 4.31 Å². The van der Waals surface area contributed by atoms with Crippen LogP contribution in [0.25, 0.3) is 0 Å². The number of nitrogens with one attached hydrogen (secondary N) is 2. The Kier molecular flexibility index (Phi) is 7.25. The minimum atomic E-state index is -3.45. The highest BCUT2D eigenvalue weighted by atomic mass is 32.2. The van der Waals surface area contributed by atoms with Crippen LogP contribution in [0.3, 0.4) is 0 Å². The summed E-state index contributed by atoms with van der Waals surface area (Å²) >= 11 is 0. The molecule has 0 aliphatic carbocycles. The second kappa shape index (κ2) is 9.03. The number of benzene rings is 1. The number of nitrogens with zero attached hydrogens (tertiary/aromatic N) is 2. The Morgan fingerprint density at radius 2 is 1.96 bits per heavy atom. The summed E-state index contributed by atoms with van der Waals surface area (Å²) in [6, 6.07) is 6.85. The minimum Gasteiger partial charge on any atom is -0.373 e. The van der Waals surface area contributed by atoms with Crippen LogP contribution in [0.4, 0.5) is 0 Å². The van der Waals surface area contributed by atoms with E-state index in [2.05, 4.69) is 22.5 Å². The van der Waals surface area contributed by atoms with Crippen molar-refractivity contribution in [3.63, 3.8) is 0 Å². The smallest absolute Gasteiger partial charge is 0.243 e. The second-order valence-electron chi connectivity index (χ2n) is 7.44. The van der Waals surface area contributed by atoms with Crippen LogP contribution in [0.5, 0.6) is 0 Å². The van der Waals surface area contributed by atoms with Crippen LogP contribution in [0, 0.1) is 0 Å². The molecule has 1 aliphatic heterocycles. The first-order valence-corrected chi connectivity index (χ1v) is 10.8. The largest absolute Gasteiger partial charge is 0.373 e. The van der Waals surface area contributed by atoms with Gasteiger partial charge in [0.2, 0.25) is 10.0 Å². The zero-order valence-corrected chi connectivity index (χ0v) is 17.8. The summed E-state index contributed by atoms with van der Waals surface area (Å²) in [5.74, 6) is 0.697. The number of rotatable bonds is 7. The third-order valence-corrected chi connectivity index (χ3v) is 6.99. The highest BCUT2D eigenvalue weighted by Gasteiger charge is 2.29. The number of sulfonamides is 1.